The highest BCUT2D eigenvalue weighted by atomic mass is 79.9. The van der Waals surface area contributed by atoms with Crippen molar-refractivity contribution in [1.29, 1.82) is 0 Å². The average Bonchev–Trinajstić information content (AvgIpc) is 2.40. The van der Waals surface area contributed by atoms with Crippen LogP contribution in [-0.4, -0.2) is 30.4 Å². The summed E-state index contributed by atoms with van der Waals surface area (Å²) in [6, 6.07) is 2.49. The number of aliphatic hydroxyl groups excluding tert-OH is 1. The van der Waals surface area contributed by atoms with Crippen LogP contribution in [0.4, 0.5) is 4.39 Å². The van der Waals surface area contributed by atoms with Gasteiger partial charge in [0.25, 0.3) is 0 Å². The minimum absolute atomic E-state index is 0.0269. The maximum Gasteiger partial charge on any atom is 0.246 e. The van der Waals surface area contributed by atoms with Crippen LogP contribution in [0.25, 0.3) is 0 Å². The second kappa shape index (κ2) is 6.32. The summed E-state index contributed by atoms with van der Waals surface area (Å²) in [6.07, 6.45) is 1.54. The minimum atomic E-state index is -3.90. The third kappa shape index (κ3) is 3.31. The van der Waals surface area contributed by atoms with E-state index in [1.54, 1.807) is 0 Å². The molecule has 1 aliphatic heterocycles. The number of benzene rings is 1. The number of halogens is 2. The number of rotatable bonds is 3. The normalized spacial score (nSPS) is 24.2. The molecule has 1 saturated heterocycles. The number of nitrogens with zero attached hydrogens (tertiary/aromatic N) is 1. The molecule has 0 aliphatic carbocycles. The van der Waals surface area contributed by atoms with Crippen molar-refractivity contribution in [1.82, 2.24) is 4.31 Å². The van der Waals surface area contributed by atoms with Crippen molar-refractivity contribution >= 4 is 26.0 Å². The Morgan fingerprint density at radius 1 is 1.43 bits per heavy atom. The van der Waals surface area contributed by atoms with Crippen LogP contribution >= 0.6 is 15.9 Å². The Bertz CT molecular complexity index is 635. The quantitative estimate of drug-likeness (QED) is 0.878. The fraction of sp³-hybridized carbons (Fsp3) is 0.571. The molecule has 1 aromatic carbocycles. The maximum absolute atomic E-state index is 14.3. The van der Waals surface area contributed by atoms with Crippen molar-refractivity contribution in [2.45, 2.75) is 44.2 Å². The van der Waals surface area contributed by atoms with Gasteiger partial charge in [0, 0.05) is 22.6 Å². The van der Waals surface area contributed by atoms with Gasteiger partial charge < -0.3 is 5.11 Å². The first kappa shape index (κ1) is 16.9. The highest BCUT2D eigenvalue weighted by Gasteiger charge is 2.35. The predicted octanol–water partition coefficient (Wildman–Crippen LogP) is 2.89. The molecule has 2 atom stereocenters. The van der Waals surface area contributed by atoms with Gasteiger partial charge in [0.15, 0.2) is 0 Å². The monoisotopic (exact) mass is 379 g/mol. The summed E-state index contributed by atoms with van der Waals surface area (Å²) in [5, 5.41) is 9.16. The zero-order chi connectivity index (χ0) is 15.8. The van der Waals surface area contributed by atoms with E-state index in [0.29, 0.717) is 16.9 Å². The second-order valence-electron chi connectivity index (χ2n) is 5.63. The van der Waals surface area contributed by atoms with Gasteiger partial charge in [0.05, 0.1) is 6.61 Å². The predicted molar refractivity (Wildman–Crippen MR) is 81.8 cm³/mol. The summed E-state index contributed by atoms with van der Waals surface area (Å²) in [4.78, 5) is -0.373. The molecule has 0 saturated carbocycles. The van der Waals surface area contributed by atoms with E-state index >= 15 is 0 Å². The lowest BCUT2D eigenvalue weighted by atomic mass is 9.95. The minimum Gasteiger partial charge on any atom is -0.392 e. The van der Waals surface area contributed by atoms with Crippen LogP contribution in [0.15, 0.2) is 21.5 Å². The van der Waals surface area contributed by atoms with Gasteiger partial charge in [-0.1, -0.05) is 22.9 Å². The van der Waals surface area contributed by atoms with E-state index in [1.807, 2.05) is 6.92 Å². The Balaban J connectivity index is 2.47. The number of hydrogen-bond donors (Lipinski definition) is 1. The third-order valence-electron chi connectivity index (χ3n) is 3.91. The van der Waals surface area contributed by atoms with Gasteiger partial charge in [-0.3, -0.25) is 0 Å². The highest BCUT2D eigenvalue weighted by molar-refractivity contribution is 9.10. The van der Waals surface area contributed by atoms with Crippen molar-refractivity contribution in [3.63, 3.8) is 0 Å². The molecule has 118 valence electrons. The Kier molecular flexibility index (Phi) is 5.07. The molecular weight excluding hydrogens is 361 g/mol. The van der Waals surface area contributed by atoms with E-state index in [0.717, 1.165) is 12.8 Å². The van der Waals surface area contributed by atoms with Crippen molar-refractivity contribution in [3.05, 3.63) is 28.0 Å². The largest absolute Gasteiger partial charge is 0.392 e. The molecule has 0 spiro atoms. The summed E-state index contributed by atoms with van der Waals surface area (Å²) in [6.45, 7) is 3.78. The highest BCUT2D eigenvalue weighted by Crippen LogP contribution is 2.31. The smallest absolute Gasteiger partial charge is 0.246 e. The zero-order valence-electron chi connectivity index (χ0n) is 12.0. The topological polar surface area (TPSA) is 57.6 Å². The number of hydrogen-bond acceptors (Lipinski definition) is 3. The van der Waals surface area contributed by atoms with Crippen LogP contribution in [0.1, 0.15) is 32.3 Å². The molecule has 2 unspecified atom stereocenters. The molecule has 21 heavy (non-hydrogen) atoms. The first-order chi connectivity index (χ1) is 9.77. The van der Waals surface area contributed by atoms with E-state index in [-0.39, 0.29) is 16.5 Å². The fourth-order valence-corrected chi connectivity index (χ4v) is 5.24. The molecule has 1 heterocycles. The SMILES string of the molecule is CC1CCN(S(=O)(=O)c2cc(Br)cc(CO)c2F)C(C)C1. The molecular formula is C14H19BrFNO3S. The summed E-state index contributed by atoms with van der Waals surface area (Å²) in [7, 11) is -3.90. The van der Waals surface area contributed by atoms with Gasteiger partial charge in [0.2, 0.25) is 10.0 Å². The Morgan fingerprint density at radius 2 is 2.10 bits per heavy atom. The zero-order valence-corrected chi connectivity index (χ0v) is 14.4. The molecule has 2 rings (SSSR count). The van der Waals surface area contributed by atoms with Crippen LogP contribution in [0.5, 0.6) is 0 Å². The van der Waals surface area contributed by atoms with Crippen molar-refractivity contribution in [2.24, 2.45) is 5.92 Å². The Labute approximate surface area is 133 Å². The van der Waals surface area contributed by atoms with Crippen molar-refractivity contribution < 1.29 is 17.9 Å². The Morgan fingerprint density at radius 3 is 2.67 bits per heavy atom. The van der Waals surface area contributed by atoms with Gasteiger partial charge in [0.1, 0.15) is 10.7 Å². The number of aliphatic hydroxyl groups is 1. The molecule has 0 aromatic heterocycles. The molecule has 1 N–H and O–H groups in total. The van der Waals surface area contributed by atoms with Crippen LogP contribution in [0.3, 0.4) is 0 Å². The van der Waals surface area contributed by atoms with E-state index in [9.17, 15) is 12.8 Å². The van der Waals surface area contributed by atoms with Gasteiger partial charge >= 0.3 is 0 Å². The summed E-state index contributed by atoms with van der Waals surface area (Å²) in [5.74, 6) is -0.404. The van der Waals surface area contributed by atoms with Crippen molar-refractivity contribution in [2.75, 3.05) is 6.54 Å². The summed E-state index contributed by atoms with van der Waals surface area (Å²) >= 11 is 3.17. The lowest BCUT2D eigenvalue weighted by molar-refractivity contribution is 0.219. The molecule has 0 bridgehead atoms. The van der Waals surface area contributed by atoms with E-state index in [2.05, 4.69) is 22.9 Å². The molecule has 0 radical (unpaired) electrons. The number of sulfonamides is 1. The summed E-state index contributed by atoms with van der Waals surface area (Å²) < 4.78 is 41.6. The van der Waals surface area contributed by atoms with Crippen LogP contribution in [-0.2, 0) is 16.6 Å². The van der Waals surface area contributed by atoms with Gasteiger partial charge in [-0.25, -0.2) is 12.8 Å². The van der Waals surface area contributed by atoms with Crippen LogP contribution < -0.4 is 0 Å². The Hall–Kier alpha value is -0.500. The summed E-state index contributed by atoms with van der Waals surface area (Å²) in [5.41, 5.74) is -0.0269. The van der Waals surface area contributed by atoms with E-state index in [4.69, 9.17) is 5.11 Å². The second-order valence-corrected chi connectivity index (χ2v) is 8.40. The molecule has 1 aromatic rings. The fourth-order valence-electron chi connectivity index (χ4n) is 2.79. The van der Waals surface area contributed by atoms with Gasteiger partial charge in [-0.05, 0) is 37.8 Å². The van der Waals surface area contributed by atoms with Crippen LogP contribution in [0, 0.1) is 11.7 Å². The maximum atomic E-state index is 14.3. The van der Waals surface area contributed by atoms with Crippen molar-refractivity contribution in [3.8, 4) is 0 Å². The lowest BCUT2D eigenvalue weighted by Gasteiger charge is -2.35. The van der Waals surface area contributed by atoms with E-state index < -0.39 is 22.4 Å². The molecule has 0 amide bonds. The third-order valence-corrected chi connectivity index (χ3v) is 6.38. The molecule has 1 fully saturated rings. The van der Waals surface area contributed by atoms with Gasteiger partial charge in [-0.15, -0.1) is 0 Å². The standard InChI is InChI=1S/C14H19BrFNO3S/c1-9-3-4-17(10(2)5-9)21(19,20)13-7-12(15)6-11(8-18)14(13)16/h6-7,9-10,18H,3-5,8H2,1-2H3. The molecule has 1 aliphatic rings. The molecule has 7 heteroatoms. The van der Waals surface area contributed by atoms with E-state index in [1.165, 1.54) is 16.4 Å². The first-order valence-electron chi connectivity index (χ1n) is 6.88. The lowest BCUT2D eigenvalue weighted by Crippen LogP contribution is -2.44. The first-order valence-corrected chi connectivity index (χ1v) is 9.11. The number of piperidine rings is 1. The van der Waals surface area contributed by atoms with Gasteiger partial charge in [-0.2, -0.15) is 4.31 Å². The average molecular weight is 380 g/mol. The molecule has 4 nitrogen and oxygen atoms in total. The van der Waals surface area contributed by atoms with Crippen LogP contribution in [0.2, 0.25) is 0 Å².